The predicted molar refractivity (Wildman–Crippen MR) is 40.2 cm³/mol. The maximum absolute atomic E-state index is 10.7. The zero-order valence-electron chi connectivity index (χ0n) is 6.89. The van der Waals surface area contributed by atoms with Crippen molar-refractivity contribution in [2.24, 2.45) is 0 Å². The smallest absolute Gasteiger partial charge is 0.416 e. The van der Waals surface area contributed by atoms with Crippen LogP contribution < -0.4 is 4.90 Å². The van der Waals surface area contributed by atoms with Crippen molar-refractivity contribution in [3.8, 4) is 0 Å². The second-order valence-corrected chi connectivity index (χ2v) is 2.36. The fraction of sp³-hybridized carbons (Fsp3) is 0.857. The quantitative estimate of drug-likeness (QED) is 0.443. The number of amides is 1. The SMILES string of the molecule is CCCCOC(=O)[N+](C)C. The van der Waals surface area contributed by atoms with Gasteiger partial charge in [0, 0.05) is 0 Å². The summed E-state index contributed by atoms with van der Waals surface area (Å²) in [5.41, 5.74) is 0. The zero-order valence-corrected chi connectivity index (χ0v) is 6.89. The average Bonchev–Trinajstić information content (AvgIpc) is 1.88. The van der Waals surface area contributed by atoms with E-state index in [1.807, 2.05) is 0 Å². The highest BCUT2D eigenvalue weighted by atomic mass is 16.6. The highest BCUT2D eigenvalue weighted by Crippen LogP contribution is 1.89. The van der Waals surface area contributed by atoms with Crippen molar-refractivity contribution in [2.45, 2.75) is 19.8 Å². The number of ether oxygens (including phenoxy) is 1. The molecule has 3 heteroatoms. The van der Waals surface area contributed by atoms with Gasteiger partial charge in [-0.1, -0.05) is 18.2 Å². The van der Waals surface area contributed by atoms with Crippen LogP contribution in [0.15, 0.2) is 0 Å². The lowest BCUT2D eigenvalue weighted by molar-refractivity contribution is 0.133. The van der Waals surface area contributed by atoms with Crippen LogP contribution in [-0.4, -0.2) is 26.8 Å². The van der Waals surface area contributed by atoms with Gasteiger partial charge in [-0.2, -0.15) is 4.79 Å². The molecule has 0 fully saturated rings. The van der Waals surface area contributed by atoms with Gasteiger partial charge >= 0.3 is 6.09 Å². The van der Waals surface area contributed by atoms with Gasteiger partial charge in [-0.15, -0.1) is 0 Å². The van der Waals surface area contributed by atoms with Gasteiger partial charge in [0.1, 0.15) is 14.1 Å². The molecule has 0 aromatic carbocycles. The lowest BCUT2D eigenvalue weighted by Gasteiger charge is -1.99. The standard InChI is InChI=1S/C7H15NO2/c1-4-5-6-10-7(9)8(2)3/h4-6H2,1-3H3/q+1. The molecule has 1 radical (unpaired) electrons. The van der Waals surface area contributed by atoms with Crippen LogP contribution in [0, 0.1) is 0 Å². The summed E-state index contributed by atoms with van der Waals surface area (Å²) in [6.07, 6.45) is 1.74. The van der Waals surface area contributed by atoms with Crippen molar-refractivity contribution in [3.63, 3.8) is 0 Å². The molecule has 0 saturated carbocycles. The minimum atomic E-state index is -0.256. The van der Waals surface area contributed by atoms with Crippen LogP contribution in [-0.2, 0) is 4.74 Å². The monoisotopic (exact) mass is 145 g/mol. The van der Waals surface area contributed by atoms with E-state index >= 15 is 0 Å². The van der Waals surface area contributed by atoms with Crippen molar-refractivity contribution < 1.29 is 9.53 Å². The van der Waals surface area contributed by atoms with Gasteiger partial charge < -0.3 is 4.74 Å². The Hall–Kier alpha value is -0.570. The largest absolute Gasteiger partial charge is 0.565 e. The molecule has 59 valence electrons. The van der Waals surface area contributed by atoms with E-state index in [1.165, 1.54) is 4.90 Å². The molecular formula is C7H15NO2+. The van der Waals surface area contributed by atoms with E-state index in [4.69, 9.17) is 4.74 Å². The van der Waals surface area contributed by atoms with Crippen molar-refractivity contribution in [2.75, 3.05) is 20.7 Å². The summed E-state index contributed by atoms with van der Waals surface area (Å²) in [7, 11) is 3.35. The summed E-state index contributed by atoms with van der Waals surface area (Å²) < 4.78 is 4.83. The molecule has 0 aliphatic rings. The highest BCUT2D eigenvalue weighted by Gasteiger charge is 2.15. The third kappa shape index (κ3) is 4.32. The van der Waals surface area contributed by atoms with Crippen LogP contribution in [0.1, 0.15) is 19.8 Å². The molecule has 0 atom stereocenters. The fourth-order valence-electron chi connectivity index (χ4n) is 0.433. The molecule has 10 heavy (non-hydrogen) atoms. The van der Waals surface area contributed by atoms with Gasteiger partial charge in [-0.05, 0) is 6.42 Å². The molecule has 0 saturated heterocycles. The van der Waals surface area contributed by atoms with Crippen molar-refractivity contribution in [1.29, 1.82) is 0 Å². The summed E-state index contributed by atoms with van der Waals surface area (Å²) in [5.74, 6) is 0. The van der Waals surface area contributed by atoms with Crippen LogP contribution in [0.5, 0.6) is 0 Å². The van der Waals surface area contributed by atoms with Crippen LogP contribution >= 0.6 is 0 Å². The first-order chi connectivity index (χ1) is 4.68. The topological polar surface area (TPSA) is 32.2 Å². The molecule has 0 bridgehead atoms. The molecule has 3 nitrogen and oxygen atoms in total. The maximum Gasteiger partial charge on any atom is 0.565 e. The van der Waals surface area contributed by atoms with Crippen LogP contribution in [0.25, 0.3) is 0 Å². The number of hydrogen-bond donors (Lipinski definition) is 0. The van der Waals surface area contributed by atoms with E-state index in [1.54, 1.807) is 14.1 Å². The molecular weight excluding hydrogens is 130 g/mol. The molecule has 1 amide bonds. The Morgan fingerprint density at radius 3 is 2.50 bits per heavy atom. The van der Waals surface area contributed by atoms with Gasteiger partial charge in [-0.3, -0.25) is 0 Å². The fourth-order valence-corrected chi connectivity index (χ4v) is 0.433. The van der Waals surface area contributed by atoms with E-state index in [9.17, 15) is 4.79 Å². The molecule has 0 spiro atoms. The number of unbranched alkanes of at least 4 members (excludes halogenated alkanes) is 1. The average molecular weight is 145 g/mol. The molecule has 0 aromatic heterocycles. The second-order valence-electron chi connectivity index (χ2n) is 2.36. The summed E-state index contributed by atoms with van der Waals surface area (Å²) >= 11 is 0. The van der Waals surface area contributed by atoms with E-state index < -0.39 is 0 Å². The number of carbonyl (C=O) groups is 1. The first-order valence-electron chi connectivity index (χ1n) is 3.52. The number of nitrogens with zero attached hydrogens (tertiary/aromatic N) is 1. The lowest BCUT2D eigenvalue weighted by atomic mass is 10.4. The molecule has 0 aliphatic heterocycles. The van der Waals surface area contributed by atoms with Crippen molar-refractivity contribution in [1.82, 2.24) is 4.90 Å². The van der Waals surface area contributed by atoms with Crippen LogP contribution in [0.2, 0.25) is 0 Å². The summed E-state index contributed by atoms with van der Waals surface area (Å²) in [5, 5.41) is 0. The van der Waals surface area contributed by atoms with E-state index in [0.29, 0.717) is 6.61 Å². The molecule has 0 aromatic rings. The first kappa shape index (κ1) is 9.43. The molecule has 0 rings (SSSR count). The number of rotatable bonds is 3. The Bertz CT molecular complexity index is 102. The Labute approximate surface area is 62.0 Å². The Morgan fingerprint density at radius 1 is 1.50 bits per heavy atom. The Kier molecular flexibility index (Phi) is 4.94. The van der Waals surface area contributed by atoms with E-state index in [-0.39, 0.29) is 6.09 Å². The predicted octanol–water partition coefficient (Wildman–Crippen LogP) is 1.32. The van der Waals surface area contributed by atoms with Gasteiger partial charge in [-0.25, -0.2) is 0 Å². The minimum Gasteiger partial charge on any atom is -0.416 e. The summed E-state index contributed by atoms with van der Waals surface area (Å²) in [6, 6.07) is 0. The summed E-state index contributed by atoms with van der Waals surface area (Å²) in [6.45, 7) is 2.59. The molecule has 0 heterocycles. The van der Waals surface area contributed by atoms with Gasteiger partial charge in [0.15, 0.2) is 0 Å². The van der Waals surface area contributed by atoms with Crippen molar-refractivity contribution >= 4 is 6.09 Å². The minimum absolute atomic E-state index is 0.256. The normalized spacial score (nSPS) is 10.0. The highest BCUT2D eigenvalue weighted by molar-refractivity contribution is 5.69. The third-order valence-electron chi connectivity index (χ3n) is 1.09. The molecule has 0 unspecified atom stereocenters. The van der Waals surface area contributed by atoms with E-state index in [0.717, 1.165) is 12.8 Å². The van der Waals surface area contributed by atoms with Crippen LogP contribution in [0.3, 0.4) is 0 Å². The first-order valence-corrected chi connectivity index (χ1v) is 3.52. The maximum atomic E-state index is 10.7. The molecule has 0 N–H and O–H groups in total. The molecule has 0 aliphatic carbocycles. The zero-order chi connectivity index (χ0) is 7.98. The van der Waals surface area contributed by atoms with E-state index in [2.05, 4.69) is 6.92 Å². The van der Waals surface area contributed by atoms with Crippen molar-refractivity contribution in [3.05, 3.63) is 0 Å². The number of hydrogen-bond acceptors (Lipinski definition) is 2. The third-order valence-corrected chi connectivity index (χ3v) is 1.09. The van der Waals surface area contributed by atoms with Crippen LogP contribution in [0.4, 0.5) is 4.79 Å². The Morgan fingerprint density at radius 2 is 2.10 bits per heavy atom. The second kappa shape index (κ2) is 5.23. The Balaban J connectivity index is 3.22. The van der Waals surface area contributed by atoms with Gasteiger partial charge in [0.05, 0.1) is 6.61 Å². The summed E-state index contributed by atoms with van der Waals surface area (Å²) in [4.78, 5) is 12.1. The van der Waals surface area contributed by atoms with Gasteiger partial charge in [0.25, 0.3) is 0 Å². The lowest BCUT2D eigenvalue weighted by Crippen LogP contribution is -2.28. The number of carbonyl (C=O) groups excluding carboxylic acids is 1. The van der Waals surface area contributed by atoms with Gasteiger partial charge in [0.2, 0.25) is 0 Å².